The third-order valence-electron chi connectivity index (χ3n) is 6.32. The van der Waals surface area contributed by atoms with Gasteiger partial charge >= 0.3 is 0 Å². The highest BCUT2D eigenvalue weighted by atomic mass is 19.1. The third kappa shape index (κ3) is 5.72. The average molecular weight is 511 g/mol. The van der Waals surface area contributed by atoms with Crippen LogP contribution in [0.1, 0.15) is 48.4 Å². The van der Waals surface area contributed by atoms with E-state index in [1.807, 2.05) is 31.2 Å². The molecule has 0 aliphatic heterocycles. The number of hydrogen-bond acceptors (Lipinski definition) is 6. The summed E-state index contributed by atoms with van der Waals surface area (Å²) in [5, 5.41) is 5.71. The van der Waals surface area contributed by atoms with Crippen LogP contribution in [0.4, 0.5) is 15.9 Å². The van der Waals surface area contributed by atoms with Crippen LogP contribution >= 0.6 is 0 Å². The zero-order valence-electron chi connectivity index (χ0n) is 21.3. The normalized spacial score (nSPS) is 13.2. The predicted molar refractivity (Wildman–Crippen MR) is 143 cm³/mol. The molecule has 0 saturated heterocycles. The van der Waals surface area contributed by atoms with Crippen LogP contribution < -0.4 is 10.6 Å². The number of nitrogens with zero attached hydrogens (tertiary/aromatic N) is 4. The molecular weight excluding hydrogens is 483 g/mol. The van der Waals surface area contributed by atoms with Gasteiger partial charge in [0, 0.05) is 58.7 Å². The van der Waals surface area contributed by atoms with Crippen LogP contribution in [-0.4, -0.2) is 31.8 Å². The second-order valence-corrected chi connectivity index (χ2v) is 9.87. The van der Waals surface area contributed by atoms with Gasteiger partial charge < -0.3 is 10.6 Å². The Kier molecular flexibility index (Phi) is 6.67. The SMILES string of the molecule is Cc1ncc(NC(=O)c2ccnc(C(C)(C)F)c2)cc1-c1cncc(-c2ccnc(NC(=O)C3CC3)c2)c1. The molecule has 0 atom stereocenters. The standard InChI is InChI=1S/C29H27FN6O2/c1-17-24(13-23(16-34-17)35-28(38)20-7-8-32-25(11-20)29(2,3)30)22-10-21(14-31-15-22)19-6-9-33-26(12-19)36-27(37)18-4-5-18/h6-16,18H,4-5H2,1-3H3,(H,35,38)(H,33,36,37). The molecule has 9 heteroatoms. The van der Waals surface area contributed by atoms with Crippen molar-refractivity contribution in [3.05, 3.63) is 84.3 Å². The van der Waals surface area contributed by atoms with E-state index >= 15 is 0 Å². The number of carbonyl (C=O) groups is 2. The molecule has 0 spiro atoms. The number of halogens is 1. The van der Waals surface area contributed by atoms with Gasteiger partial charge in [0.1, 0.15) is 11.5 Å². The van der Waals surface area contributed by atoms with Crippen molar-refractivity contribution >= 4 is 23.3 Å². The van der Waals surface area contributed by atoms with Gasteiger partial charge in [-0.25, -0.2) is 9.37 Å². The molecule has 2 amide bonds. The molecule has 0 aromatic carbocycles. The summed E-state index contributed by atoms with van der Waals surface area (Å²) in [6, 6.07) is 10.5. The number of aryl methyl sites for hydroxylation is 1. The van der Waals surface area contributed by atoms with E-state index in [9.17, 15) is 14.0 Å². The zero-order chi connectivity index (χ0) is 26.9. The third-order valence-corrected chi connectivity index (χ3v) is 6.32. The van der Waals surface area contributed by atoms with Crippen molar-refractivity contribution in [2.45, 2.75) is 39.3 Å². The maximum atomic E-state index is 14.3. The number of pyridine rings is 4. The number of nitrogens with one attached hydrogen (secondary N) is 2. The molecule has 4 aromatic rings. The molecule has 8 nitrogen and oxygen atoms in total. The van der Waals surface area contributed by atoms with Gasteiger partial charge in [-0.15, -0.1) is 0 Å². The predicted octanol–water partition coefficient (Wildman–Crippen LogP) is 5.71. The Labute approximate surface area is 219 Å². The molecule has 1 fully saturated rings. The number of alkyl halides is 1. The van der Waals surface area contributed by atoms with Crippen LogP contribution in [0.2, 0.25) is 0 Å². The van der Waals surface area contributed by atoms with E-state index in [0.717, 1.165) is 40.8 Å². The first-order valence-corrected chi connectivity index (χ1v) is 12.3. The van der Waals surface area contributed by atoms with Gasteiger partial charge in [0.05, 0.1) is 17.6 Å². The van der Waals surface area contributed by atoms with E-state index in [1.54, 1.807) is 24.8 Å². The number of amides is 2. The van der Waals surface area contributed by atoms with Crippen molar-refractivity contribution in [2.24, 2.45) is 5.92 Å². The molecule has 1 saturated carbocycles. The second-order valence-electron chi connectivity index (χ2n) is 9.87. The van der Waals surface area contributed by atoms with Gasteiger partial charge in [0.2, 0.25) is 5.91 Å². The highest BCUT2D eigenvalue weighted by Crippen LogP contribution is 2.32. The maximum absolute atomic E-state index is 14.3. The van der Waals surface area contributed by atoms with Gasteiger partial charge in [-0.1, -0.05) is 0 Å². The molecule has 1 aliphatic carbocycles. The highest BCUT2D eigenvalue weighted by Gasteiger charge is 2.29. The van der Waals surface area contributed by atoms with Crippen LogP contribution in [-0.2, 0) is 10.5 Å². The summed E-state index contributed by atoms with van der Waals surface area (Å²) in [6.45, 7) is 4.67. The molecule has 1 aliphatic rings. The summed E-state index contributed by atoms with van der Waals surface area (Å²) in [7, 11) is 0. The van der Waals surface area contributed by atoms with E-state index in [2.05, 4.69) is 30.6 Å². The van der Waals surface area contributed by atoms with Crippen LogP contribution in [0.15, 0.2) is 67.4 Å². The van der Waals surface area contributed by atoms with Gasteiger partial charge in [0.25, 0.3) is 5.91 Å². The monoisotopic (exact) mass is 510 g/mol. The van der Waals surface area contributed by atoms with Crippen molar-refractivity contribution in [2.75, 3.05) is 10.6 Å². The first-order chi connectivity index (χ1) is 18.2. The lowest BCUT2D eigenvalue weighted by Crippen LogP contribution is -2.16. The Balaban J connectivity index is 1.38. The number of hydrogen-bond donors (Lipinski definition) is 2. The Bertz CT molecular complexity index is 1530. The molecule has 0 radical (unpaired) electrons. The lowest BCUT2D eigenvalue weighted by Gasteiger charge is -2.14. The summed E-state index contributed by atoms with van der Waals surface area (Å²) >= 11 is 0. The lowest BCUT2D eigenvalue weighted by molar-refractivity contribution is -0.117. The smallest absolute Gasteiger partial charge is 0.255 e. The van der Waals surface area contributed by atoms with Crippen molar-refractivity contribution in [1.29, 1.82) is 0 Å². The molecule has 5 rings (SSSR count). The molecule has 4 heterocycles. The number of rotatable bonds is 7. The number of anilines is 2. The van der Waals surface area contributed by atoms with E-state index in [-0.39, 0.29) is 23.4 Å². The number of carbonyl (C=O) groups excluding carboxylic acids is 2. The molecule has 0 unspecified atom stereocenters. The molecule has 0 bridgehead atoms. The van der Waals surface area contributed by atoms with Gasteiger partial charge in [-0.2, -0.15) is 0 Å². The Morgan fingerprint density at radius 2 is 1.66 bits per heavy atom. The quantitative estimate of drug-likeness (QED) is 0.329. The van der Waals surface area contributed by atoms with Crippen LogP contribution in [0, 0.1) is 12.8 Å². The fourth-order valence-corrected chi connectivity index (χ4v) is 3.99. The lowest BCUT2D eigenvalue weighted by atomic mass is 10.0. The Hall–Kier alpha value is -4.53. The largest absolute Gasteiger partial charge is 0.321 e. The summed E-state index contributed by atoms with van der Waals surface area (Å²) < 4.78 is 14.3. The van der Waals surface area contributed by atoms with Crippen molar-refractivity contribution in [3.8, 4) is 22.3 Å². The first kappa shape index (κ1) is 25.1. The van der Waals surface area contributed by atoms with Gasteiger partial charge in [-0.05, 0) is 75.6 Å². The minimum absolute atomic E-state index is 0.00140. The zero-order valence-corrected chi connectivity index (χ0v) is 21.3. The fraction of sp³-hybridized carbons (Fsp3) is 0.241. The van der Waals surface area contributed by atoms with E-state index in [0.29, 0.717) is 17.1 Å². The van der Waals surface area contributed by atoms with Crippen LogP contribution in [0.3, 0.4) is 0 Å². The van der Waals surface area contributed by atoms with Crippen molar-refractivity contribution < 1.29 is 14.0 Å². The Morgan fingerprint density at radius 1 is 0.895 bits per heavy atom. The summed E-state index contributed by atoms with van der Waals surface area (Å²) in [4.78, 5) is 42.2. The molecule has 192 valence electrons. The van der Waals surface area contributed by atoms with Crippen molar-refractivity contribution in [1.82, 2.24) is 19.9 Å². The molecule has 2 N–H and O–H groups in total. The van der Waals surface area contributed by atoms with Gasteiger partial charge in [0.15, 0.2) is 0 Å². The van der Waals surface area contributed by atoms with Crippen LogP contribution in [0.25, 0.3) is 22.3 Å². The van der Waals surface area contributed by atoms with Crippen molar-refractivity contribution in [3.63, 3.8) is 0 Å². The average Bonchev–Trinajstić information content (AvgIpc) is 3.75. The van der Waals surface area contributed by atoms with Crippen LogP contribution in [0.5, 0.6) is 0 Å². The molecule has 38 heavy (non-hydrogen) atoms. The summed E-state index contributed by atoms with van der Waals surface area (Å²) in [5.41, 5.74) is 3.40. The topological polar surface area (TPSA) is 110 Å². The number of aromatic nitrogens is 4. The summed E-state index contributed by atoms with van der Waals surface area (Å²) in [5.74, 6) is 0.199. The molecular formula is C29H27FN6O2. The minimum atomic E-state index is -1.66. The maximum Gasteiger partial charge on any atom is 0.255 e. The highest BCUT2D eigenvalue weighted by molar-refractivity contribution is 6.04. The van der Waals surface area contributed by atoms with E-state index in [1.165, 1.54) is 32.2 Å². The Morgan fingerprint density at radius 3 is 2.42 bits per heavy atom. The van der Waals surface area contributed by atoms with Gasteiger partial charge in [-0.3, -0.25) is 24.5 Å². The van der Waals surface area contributed by atoms with E-state index in [4.69, 9.17) is 0 Å². The van der Waals surface area contributed by atoms with E-state index < -0.39 is 5.67 Å². The fourth-order valence-electron chi connectivity index (χ4n) is 3.99. The second kappa shape index (κ2) is 10.1. The first-order valence-electron chi connectivity index (χ1n) is 12.3. The molecule has 4 aromatic heterocycles. The minimum Gasteiger partial charge on any atom is -0.321 e. The summed E-state index contributed by atoms with van der Waals surface area (Å²) in [6.07, 6.45) is 9.97.